The van der Waals surface area contributed by atoms with Crippen LogP contribution in [-0.4, -0.2) is 31.0 Å². The van der Waals surface area contributed by atoms with Crippen molar-refractivity contribution in [2.24, 2.45) is 0 Å². The number of hydrogen-bond donors (Lipinski definition) is 0. The third-order valence-electron chi connectivity index (χ3n) is 2.43. The maximum atomic E-state index is 13.2. The molecule has 1 aromatic heterocycles. The number of nitrogens with zero attached hydrogens (tertiary/aromatic N) is 1. The van der Waals surface area contributed by atoms with E-state index in [9.17, 15) is 31.1 Å². The van der Waals surface area contributed by atoms with E-state index in [2.05, 4.69) is 19.2 Å². The number of halogens is 6. The molecule has 130 valence electrons. The molecule has 0 saturated heterocycles. The summed E-state index contributed by atoms with van der Waals surface area (Å²) in [6.45, 7) is 1.30. The minimum atomic E-state index is -5.36. The molecule has 1 rings (SSSR count). The third-order valence-corrected chi connectivity index (χ3v) is 2.43. The topological polar surface area (TPSA) is 57.7 Å². The van der Waals surface area contributed by atoms with Crippen molar-refractivity contribution >= 4 is 5.97 Å². The van der Waals surface area contributed by atoms with Crippen LogP contribution in [0.5, 0.6) is 11.6 Å². The summed E-state index contributed by atoms with van der Waals surface area (Å²) in [5.41, 5.74) is -2.70. The highest BCUT2D eigenvalue weighted by Crippen LogP contribution is 2.43. The summed E-state index contributed by atoms with van der Waals surface area (Å²) in [4.78, 5) is 14.7. The normalized spacial score (nSPS) is 12.0. The van der Waals surface area contributed by atoms with Gasteiger partial charge in [0.1, 0.15) is 5.56 Å². The van der Waals surface area contributed by atoms with E-state index in [0.717, 1.165) is 7.11 Å². The minimum Gasteiger partial charge on any atom is -0.481 e. The molecule has 0 fully saturated rings. The zero-order chi connectivity index (χ0) is 17.8. The van der Waals surface area contributed by atoms with Crippen LogP contribution in [0.4, 0.5) is 26.3 Å². The zero-order valence-electron chi connectivity index (χ0n) is 11.8. The van der Waals surface area contributed by atoms with Crippen molar-refractivity contribution in [1.82, 2.24) is 4.98 Å². The lowest BCUT2D eigenvalue weighted by molar-refractivity contribution is -0.276. The molecule has 1 aromatic rings. The highest BCUT2D eigenvalue weighted by atomic mass is 19.4. The maximum absolute atomic E-state index is 13.2. The van der Waals surface area contributed by atoms with Gasteiger partial charge in [0.25, 0.3) is 0 Å². The quantitative estimate of drug-likeness (QED) is 0.605. The Balaban J connectivity index is 3.48. The minimum absolute atomic E-state index is 0.116. The standard InChI is InChI=1S/C12H11F6NO4/c1-3-22-8(20)4-6-9(11(13,14)15)7(23-12(16,17)18)5-19-10(6)21-2/h5H,3-4H2,1-2H3. The molecular weight excluding hydrogens is 336 g/mol. The summed E-state index contributed by atoms with van der Waals surface area (Å²) in [6.07, 6.45) is -11.4. The number of ether oxygens (including phenoxy) is 3. The van der Waals surface area contributed by atoms with Crippen molar-refractivity contribution in [2.45, 2.75) is 25.9 Å². The highest BCUT2D eigenvalue weighted by molar-refractivity contribution is 5.74. The molecule has 0 aliphatic carbocycles. The summed E-state index contributed by atoms with van der Waals surface area (Å²) < 4.78 is 88.7. The number of esters is 1. The van der Waals surface area contributed by atoms with Gasteiger partial charge in [0.05, 0.1) is 26.3 Å². The van der Waals surface area contributed by atoms with Crippen LogP contribution in [0.15, 0.2) is 6.20 Å². The first-order valence-corrected chi connectivity index (χ1v) is 6.04. The lowest BCUT2D eigenvalue weighted by Crippen LogP contribution is -2.23. The Labute approximate surface area is 126 Å². The van der Waals surface area contributed by atoms with Gasteiger partial charge in [0, 0.05) is 5.56 Å². The van der Waals surface area contributed by atoms with Crippen LogP contribution in [0.25, 0.3) is 0 Å². The van der Waals surface area contributed by atoms with E-state index in [-0.39, 0.29) is 12.8 Å². The van der Waals surface area contributed by atoms with Crippen LogP contribution in [-0.2, 0) is 22.1 Å². The van der Waals surface area contributed by atoms with Crippen molar-refractivity contribution in [1.29, 1.82) is 0 Å². The van der Waals surface area contributed by atoms with Crippen LogP contribution in [0.1, 0.15) is 18.1 Å². The predicted molar refractivity (Wildman–Crippen MR) is 62.8 cm³/mol. The van der Waals surface area contributed by atoms with E-state index in [1.54, 1.807) is 0 Å². The molecule has 1 heterocycles. The smallest absolute Gasteiger partial charge is 0.481 e. The Morgan fingerprint density at radius 1 is 1.22 bits per heavy atom. The van der Waals surface area contributed by atoms with Gasteiger partial charge < -0.3 is 14.2 Å². The van der Waals surface area contributed by atoms with Crippen molar-refractivity contribution < 1.29 is 45.3 Å². The van der Waals surface area contributed by atoms with Gasteiger partial charge in [0.15, 0.2) is 5.75 Å². The molecular formula is C12H11F6NO4. The second-order valence-electron chi connectivity index (χ2n) is 4.01. The summed E-state index contributed by atoms with van der Waals surface area (Å²) in [6, 6.07) is 0. The van der Waals surface area contributed by atoms with Gasteiger partial charge in [0.2, 0.25) is 5.88 Å². The Hall–Kier alpha value is -2.20. The van der Waals surface area contributed by atoms with Gasteiger partial charge in [-0.25, -0.2) is 4.98 Å². The Kier molecular flexibility index (Phi) is 5.67. The molecule has 0 saturated carbocycles. The fourth-order valence-electron chi connectivity index (χ4n) is 1.72. The number of rotatable bonds is 5. The lowest BCUT2D eigenvalue weighted by atomic mass is 10.1. The van der Waals surface area contributed by atoms with E-state index >= 15 is 0 Å². The molecule has 0 unspecified atom stereocenters. The van der Waals surface area contributed by atoms with Gasteiger partial charge in [-0.1, -0.05) is 0 Å². The van der Waals surface area contributed by atoms with Crippen LogP contribution >= 0.6 is 0 Å². The number of pyridine rings is 1. The summed E-state index contributed by atoms with van der Waals surface area (Å²) in [7, 11) is 0.960. The van der Waals surface area contributed by atoms with Gasteiger partial charge >= 0.3 is 18.5 Å². The summed E-state index contributed by atoms with van der Waals surface area (Å²) in [5, 5.41) is 0. The molecule has 0 bridgehead atoms. The Morgan fingerprint density at radius 2 is 1.83 bits per heavy atom. The second-order valence-corrected chi connectivity index (χ2v) is 4.01. The first kappa shape index (κ1) is 18.8. The van der Waals surface area contributed by atoms with Gasteiger partial charge in [-0.2, -0.15) is 13.2 Å². The molecule has 23 heavy (non-hydrogen) atoms. The van der Waals surface area contributed by atoms with Crippen molar-refractivity contribution in [3.8, 4) is 11.6 Å². The first-order chi connectivity index (χ1) is 10.5. The van der Waals surface area contributed by atoms with E-state index in [1.807, 2.05) is 0 Å². The van der Waals surface area contributed by atoms with Gasteiger partial charge in [-0.15, -0.1) is 13.2 Å². The number of methoxy groups -OCH3 is 1. The number of carbonyl (C=O) groups is 1. The second kappa shape index (κ2) is 6.92. The number of carbonyl (C=O) groups excluding carboxylic acids is 1. The SMILES string of the molecule is CCOC(=O)Cc1c(OC)ncc(OC(F)(F)F)c1C(F)(F)F. The monoisotopic (exact) mass is 347 g/mol. The van der Waals surface area contributed by atoms with Crippen LogP contribution in [0, 0.1) is 0 Å². The Bertz CT molecular complexity index is 570. The predicted octanol–water partition coefficient (Wildman–Crippen LogP) is 3.11. The molecule has 0 radical (unpaired) electrons. The molecule has 0 aliphatic heterocycles. The maximum Gasteiger partial charge on any atom is 0.573 e. The molecule has 0 N–H and O–H groups in total. The molecule has 11 heteroatoms. The number of aromatic nitrogens is 1. The Morgan fingerprint density at radius 3 is 2.26 bits per heavy atom. The highest BCUT2D eigenvalue weighted by Gasteiger charge is 2.43. The van der Waals surface area contributed by atoms with Crippen molar-refractivity contribution in [3.05, 3.63) is 17.3 Å². The van der Waals surface area contributed by atoms with Gasteiger partial charge in [-0.05, 0) is 6.92 Å². The molecule has 0 aliphatic rings. The fraction of sp³-hybridized carbons (Fsp3) is 0.500. The van der Waals surface area contributed by atoms with E-state index in [1.165, 1.54) is 6.92 Å². The van der Waals surface area contributed by atoms with E-state index in [4.69, 9.17) is 0 Å². The molecule has 0 aromatic carbocycles. The first-order valence-electron chi connectivity index (χ1n) is 6.04. The lowest BCUT2D eigenvalue weighted by Gasteiger charge is -2.19. The average Bonchev–Trinajstić information content (AvgIpc) is 2.35. The van der Waals surface area contributed by atoms with Crippen LogP contribution in [0.3, 0.4) is 0 Å². The van der Waals surface area contributed by atoms with E-state index in [0.29, 0.717) is 0 Å². The van der Waals surface area contributed by atoms with Crippen LogP contribution < -0.4 is 9.47 Å². The van der Waals surface area contributed by atoms with Crippen LogP contribution in [0.2, 0.25) is 0 Å². The summed E-state index contributed by atoms with van der Waals surface area (Å²) in [5.74, 6) is -3.31. The number of alkyl halides is 6. The van der Waals surface area contributed by atoms with Gasteiger partial charge in [-0.3, -0.25) is 4.79 Å². The molecule has 0 amide bonds. The van der Waals surface area contributed by atoms with Crippen molar-refractivity contribution in [3.63, 3.8) is 0 Å². The molecule has 0 atom stereocenters. The van der Waals surface area contributed by atoms with E-state index < -0.39 is 47.7 Å². The molecule has 0 spiro atoms. The third kappa shape index (κ3) is 5.18. The fourth-order valence-corrected chi connectivity index (χ4v) is 1.72. The number of hydrogen-bond acceptors (Lipinski definition) is 5. The molecule has 5 nitrogen and oxygen atoms in total. The zero-order valence-corrected chi connectivity index (χ0v) is 11.8. The largest absolute Gasteiger partial charge is 0.573 e. The van der Waals surface area contributed by atoms with Crippen molar-refractivity contribution in [2.75, 3.05) is 13.7 Å². The summed E-state index contributed by atoms with van der Waals surface area (Å²) >= 11 is 0. The average molecular weight is 347 g/mol.